The third kappa shape index (κ3) is 4.36. The fraction of sp³-hybridized carbons (Fsp3) is 0.364. The largest absolute Gasteiger partial charge is 0.449 e. The van der Waals surface area contributed by atoms with Gasteiger partial charge >= 0.3 is 0 Å². The number of rotatable bonds is 6. The van der Waals surface area contributed by atoms with Gasteiger partial charge in [0.1, 0.15) is 11.3 Å². The molecule has 2 amide bonds. The molecular weight excluding hydrogens is 386 g/mol. The average molecular weight is 412 g/mol. The normalized spacial score (nSPS) is 15.0. The van der Waals surface area contributed by atoms with E-state index >= 15 is 0 Å². The van der Waals surface area contributed by atoms with Crippen LogP contribution in [0, 0.1) is 0 Å². The highest BCUT2D eigenvalue weighted by Crippen LogP contribution is 2.32. The van der Waals surface area contributed by atoms with Crippen LogP contribution in [0.2, 0.25) is 0 Å². The van der Waals surface area contributed by atoms with Crippen LogP contribution in [0.1, 0.15) is 28.8 Å². The zero-order valence-corrected chi connectivity index (χ0v) is 17.3. The number of nitrogens with zero attached hydrogens (tertiary/aromatic N) is 2. The number of fused-ring (bicyclic) bond motifs is 1. The molecule has 152 valence electrons. The lowest BCUT2D eigenvalue weighted by molar-refractivity contribution is -0.115. The molecule has 2 aromatic heterocycles. The maximum absolute atomic E-state index is 13.2. The first kappa shape index (κ1) is 19.7. The lowest BCUT2D eigenvalue weighted by atomic mass is 10.2. The molecule has 6 nitrogen and oxygen atoms in total. The molecule has 1 aliphatic rings. The number of carbonyl (C=O) groups excluding carboxylic acids is 2. The van der Waals surface area contributed by atoms with Crippen molar-refractivity contribution < 1.29 is 14.0 Å². The predicted molar refractivity (Wildman–Crippen MR) is 116 cm³/mol. The monoisotopic (exact) mass is 411 g/mol. The first-order valence-electron chi connectivity index (χ1n) is 10.0. The van der Waals surface area contributed by atoms with Crippen LogP contribution in [0.5, 0.6) is 0 Å². The lowest BCUT2D eigenvalue weighted by Gasteiger charge is -2.34. The molecule has 7 heteroatoms. The molecule has 0 aliphatic carbocycles. The number of carbonyl (C=O) groups is 2. The van der Waals surface area contributed by atoms with Crippen LogP contribution in [-0.2, 0) is 11.2 Å². The number of hydrogen-bond acceptors (Lipinski definition) is 5. The summed E-state index contributed by atoms with van der Waals surface area (Å²) in [5.41, 5.74) is 1.08. The van der Waals surface area contributed by atoms with E-state index in [0.717, 1.165) is 36.3 Å². The van der Waals surface area contributed by atoms with Gasteiger partial charge in [0.2, 0.25) is 11.7 Å². The number of furan rings is 1. The lowest BCUT2D eigenvalue weighted by Crippen LogP contribution is -2.48. The highest BCUT2D eigenvalue weighted by Gasteiger charge is 2.28. The molecule has 1 fully saturated rings. The van der Waals surface area contributed by atoms with E-state index in [1.54, 1.807) is 11.3 Å². The second-order valence-electron chi connectivity index (χ2n) is 7.24. The van der Waals surface area contributed by atoms with Crippen LogP contribution in [0.25, 0.3) is 11.0 Å². The van der Waals surface area contributed by atoms with Crippen molar-refractivity contribution in [3.05, 3.63) is 52.4 Å². The molecule has 0 bridgehead atoms. The Morgan fingerprint density at radius 2 is 1.90 bits per heavy atom. The van der Waals surface area contributed by atoms with Gasteiger partial charge in [0, 0.05) is 36.4 Å². The summed E-state index contributed by atoms with van der Waals surface area (Å²) in [5.74, 6) is -0.0979. The van der Waals surface area contributed by atoms with E-state index in [9.17, 15) is 9.59 Å². The fourth-order valence-corrected chi connectivity index (χ4v) is 4.41. The Morgan fingerprint density at radius 1 is 1.10 bits per heavy atom. The molecule has 1 saturated heterocycles. The minimum absolute atomic E-state index is 0.152. The summed E-state index contributed by atoms with van der Waals surface area (Å²) < 4.78 is 5.91. The van der Waals surface area contributed by atoms with Gasteiger partial charge in [-0.05, 0) is 36.5 Å². The standard InChI is InChI=1S/C22H25N3O3S/c1-2-9-24-10-12-25(13-11-24)22(27)21-20(17-7-3-4-8-18(17)28-21)23-19(26)15-16-6-5-14-29-16/h3-8,14H,2,9-13,15H2,1H3,(H,23,26). The number of hydrogen-bond donors (Lipinski definition) is 1. The topological polar surface area (TPSA) is 65.8 Å². The SMILES string of the molecule is CCCN1CCN(C(=O)c2oc3ccccc3c2NC(=O)Cc2cccs2)CC1. The van der Waals surface area contributed by atoms with Crippen molar-refractivity contribution in [2.75, 3.05) is 38.0 Å². The molecule has 0 atom stereocenters. The van der Waals surface area contributed by atoms with Crippen molar-refractivity contribution in [1.82, 2.24) is 9.80 Å². The van der Waals surface area contributed by atoms with E-state index in [-0.39, 0.29) is 24.0 Å². The van der Waals surface area contributed by atoms with Crippen molar-refractivity contribution in [2.45, 2.75) is 19.8 Å². The maximum Gasteiger partial charge on any atom is 0.291 e. The summed E-state index contributed by atoms with van der Waals surface area (Å²) in [6, 6.07) is 11.3. The minimum Gasteiger partial charge on any atom is -0.449 e. The quantitative estimate of drug-likeness (QED) is 0.669. The average Bonchev–Trinajstić information content (AvgIpc) is 3.36. The van der Waals surface area contributed by atoms with Crippen molar-refractivity contribution in [3.8, 4) is 0 Å². The van der Waals surface area contributed by atoms with Gasteiger partial charge in [-0.3, -0.25) is 14.5 Å². The maximum atomic E-state index is 13.2. The molecule has 3 heterocycles. The molecule has 0 radical (unpaired) electrons. The van der Waals surface area contributed by atoms with Crippen LogP contribution in [-0.4, -0.2) is 54.3 Å². The number of thiophene rings is 1. The molecular formula is C22H25N3O3S. The molecule has 1 aromatic carbocycles. The Labute approximate surface area is 174 Å². The van der Waals surface area contributed by atoms with Gasteiger partial charge in [0.05, 0.1) is 6.42 Å². The summed E-state index contributed by atoms with van der Waals surface area (Å²) in [4.78, 5) is 31.0. The molecule has 0 saturated carbocycles. The van der Waals surface area contributed by atoms with Crippen LogP contribution in [0.15, 0.2) is 46.2 Å². The molecule has 1 aliphatic heterocycles. The molecule has 29 heavy (non-hydrogen) atoms. The minimum atomic E-state index is -0.163. The number of benzene rings is 1. The van der Waals surface area contributed by atoms with Gasteiger partial charge in [-0.25, -0.2) is 0 Å². The Kier molecular flexibility index (Phi) is 5.97. The van der Waals surface area contributed by atoms with Crippen LogP contribution in [0.3, 0.4) is 0 Å². The van der Waals surface area contributed by atoms with Gasteiger partial charge in [-0.2, -0.15) is 0 Å². The summed E-state index contributed by atoms with van der Waals surface area (Å²) in [7, 11) is 0. The smallest absolute Gasteiger partial charge is 0.291 e. The molecule has 3 aromatic rings. The number of anilines is 1. The first-order valence-corrected chi connectivity index (χ1v) is 10.9. The van der Waals surface area contributed by atoms with Gasteiger partial charge in [-0.1, -0.05) is 25.1 Å². The number of para-hydroxylation sites is 1. The van der Waals surface area contributed by atoms with Gasteiger partial charge < -0.3 is 14.6 Å². The highest BCUT2D eigenvalue weighted by atomic mass is 32.1. The van der Waals surface area contributed by atoms with Gasteiger partial charge in [-0.15, -0.1) is 11.3 Å². The van der Waals surface area contributed by atoms with Crippen molar-refractivity contribution in [2.24, 2.45) is 0 Å². The van der Waals surface area contributed by atoms with E-state index in [0.29, 0.717) is 24.4 Å². The van der Waals surface area contributed by atoms with E-state index in [2.05, 4.69) is 17.1 Å². The highest BCUT2D eigenvalue weighted by molar-refractivity contribution is 7.10. The molecule has 0 unspecified atom stereocenters. The van der Waals surface area contributed by atoms with Crippen molar-refractivity contribution in [1.29, 1.82) is 0 Å². The third-order valence-corrected chi connectivity index (χ3v) is 6.04. The molecule has 1 N–H and O–H groups in total. The fourth-order valence-electron chi connectivity index (χ4n) is 3.71. The molecule has 4 rings (SSSR count). The Balaban J connectivity index is 1.56. The summed E-state index contributed by atoms with van der Waals surface area (Å²) in [6.45, 7) is 6.27. The second kappa shape index (κ2) is 8.80. The first-order chi connectivity index (χ1) is 14.2. The van der Waals surface area contributed by atoms with Gasteiger partial charge in [0.25, 0.3) is 5.91 Å². The van der Waals surface area contributed by atoms with Crippen LogP contribution in [0.4, 0.5) is 5.69 Å². The summed E-state index contributed by atoms with van der Waals surface area (Å²) >= 11 is 1.54. The zero-order chi connectivity index (χ0) is 20.2. The zero-order valence-electron chi connectivity index (χ0n) is 16.5. The van der Waals surface area contributed by atoms with Crippen LogP contribution >= 0.6 is 11.3 Å². The number of nitrogens with one attached hydrogen (secondary N) is 1. The third-order valence-electron chi connectivity index (χ3n) is 5.17. The predicted octanol–water partition coefficient (Wildman–Crippen LogP) is 3.84. The Morgan fingerprint density at radius 3 is 2.62 bits per heavy atom. The van der Waals surface area contributed by atoms with Crippen molar-refractivity contribution >= 4 is 39.8 Å². The number of piperazine rings is 1. The Bertz CT molecular complexity index is 988. The Hall–Kier alpha value is -2.64. The second-order valence-corrected chi connectivity index (χ2v) is 8.27. The van der Waals surface area contributed by atoms with E-state index in [4.69, 9.17) is 4.42 Å². The van der Waals surface area contributed by atoms with E-state index < -0.39 is 0 Å². The van der Waals surface area contributed by atoms with Gasteiger partial charge in [0.15, 0.2) is 0 Å². The summed E-state index contributed by atoms with van der Waals surface area (Å²) in [5, 5.41) is 5.63. The van der Waals surface area contributed by atoms with Crippen LogP contribution < -0.4 is 5.32 Å². The van der Waals surface area contributed by atoms with E-state index in [1.807, 2.05) is 46.7 Å². The number of amides is 2. The van der Waals surface area contributed by atoms with E-state index in [1.165, 1.54) is 0 Å². The van der Waals surface area contributed by atoms with Crippen molar-refractivity contribution in [3.63, 3.8) is 0 Å². The molecule has 0 spiro atoms. The summed E-state index contributed by atoms with van der Waals surface area (Å²) in [6.07, 6.45) is 1.39.